The molecule has 1 aromatic rings. The van der Waals surface area contributed by atoms with Gasteiger partial charge < -0.3 is 5.11 Å². The van der Waals surface area contributed by atoms with E-state index in [1.807, 2.05) is 0 Å². The summed E-state index contributed by atoms with van der Waals surface area (Å²) in [6.45, 7) is 3.55. The molecule has 0 saturated heterocycles. The number of hydrogen-bond donors (Lipinski definition) is 1. The molecule has 0 heterocycles. The highest BCUT2D eigenvalue weighted by molar-refractivity contribution is 5.68. The first kappa shape index (κ1) is 11.9. The van der Waals surface area contributed by atoms with Gasteiger partial charge in [0.1, 0.15) is 0 Å². The van der Waals surface area contributed by atoms with E-state index in [0.717, 1.165) is 0 Å². The maximum absolute atomic E-state index is 10.6. The second kappa shape index (κ2) is 5.06. The van der Waals surface area contributed by atoms with Crippen LogP contribution in [0.1, 0.15) is 17.9 Å². The molecule has 0 amide bonds. The van der Waals surface area contributed by atoms with Crippen LogP contribution in [0.25, 0.3) is 0 Å². The predicted octanol–water partition coefficient (Wildman–Crippen LogP) is 2.34. The summed E-state index contributed by atoms with van der Waals surface area (Å²) in [5.74, 6) is -1.25. The van der Waals surface area contributed by atoms with E-state index in [1.165, 1.54) is 18.2 Å². The second-order valence-electron chi connectivity index (χ2n) is 3.29. The summed E-state index contributed by atoms with van der Waals surface area (Å²) < 4.78 is 0. The maximum Gasteiger partial charge on any atom is 0.304 e. The summed E-state index contributed by atoms with van der Waals surface area (Å²) in [4.78, 5) is 20.5. The number of hydrogen-bond acceptors (Lipinski definition) is 3. The first-order chi connectivity index (χ1) is 7.54. The molecule has 1 unspecified atom stereocenters. The molecule has 1 aromatic carbocycles. The van der Waals surface area contributed by atoms with Crippen LogP contribution >= 0.6 is 0 Å². The van der Waals surface area contributed by atoms with Gasteiger partial charge in [-0.15, -0.1) is 6.58 Å². The molecule has 5 nitrogen and oxygen atoms in total. The fraction of sp³-hybridized carbons (Fsp3) is 0.182. The molecular formula is C11H11NO4. The van der Waals surface area contributed by atoms with Crippen LogP contribution in [0.15, 0.2) is 36.9 Å². The average molecular weight is 221 g/mol. The van der Waals surface area contributed by atoms with Gasteiger partial charge in [-0.05, 0) is 5.56 Å². The smallest absolute Gasteiger partial charge is 0.304 e. The van der Waals surface area contributed by atoms with E-state index in [2.05, 4.69) is 6.58 Å². The van der Waals surface area contributed by atoms with E-state index >= 15 is 0 Å². The van der Waals surface area contributed by atoms with Crippen molar-refractivity contribution in [2.45, 2.75) is 12.3 Å². The molecule has 0 fully saturated rings. The Morgan fingerprint density at radius 1 is 1.50 bits per heavy atom. The minimum atomic E-state index is -0.928. The number of nitro benzene ring substituents is 1. The standard InChI is InChI=1S/C11H11NO4/c1-2-8(7-11(13)14)9-3-5-10(6-4-9)12(15)16/h2-6,8H,1,7H2,(H,13,14). The van der Waals surface area contributed by atoms with E-state index in [0.29, 0.717) is 5.56 Å². The monoisotopic (exact) mass is 221 g/mol. The van der Waals surface area contributed by atoms with E-state index in [-0.39, 0.29) is 18.0 Å². The molecule has 0 bridgehead atoms. The number of nitro groups is 1. The zero-order valence-electron chi connectivity index (χ0n) is 8.50. The molecule has 1 rings (SSSR count). The number of carboxylic acid groups (broad SMARTS) is 1. The Bertz CT molecular complexity index is 410. The fourth-order valence-electron chi connectivity index (χ4n) is 1.37. The topological polar surface area (TPSA) is 80.4 Å². The van der Waals surface area contributed by atoms with Gasteiger partial charge in [0, 0.05) is 18.1 Å². The fourth-order valence-corrected chi connectivity index (χ4v) is 1.37. The largest absolute Gasteiger partial charge is 0.481 e. The van der Waals surface area contributed by atoms with Crippen LogP contribution in [-0.4, -0.2) is 16.0 Å². The Labute approximate surface area is 92.2 Å². The van der Waals surface area contributed by atoms with Gasteiger partial charge in [0.15, 0.2) is 0 Å². The van der Waals surface area contributed by atoms with Crippen molar-refractivity contribution in [3.05, 3.63) is 52.6 Å². The molecule has 16 heavy (non-hydrogen) atoms. The van der Waals surface area contributed by atoms with E-state index in [4.69, 9.17) is 5.11 Å². The third-order valence-corrected chi connectivity index (χ3v) is 2.21. The summed E-state index contributed by atoms with van der Waals surface area (Å²) in [5.41, 5.74) is 0.699. The van der Waals surface area contributed by atoms with E-state index in [9.17, 15) is 14.9 Å². The van der Waals surface area contributed by atoms with Crippen LogP contribution in [0.5, 0.6) is 0 Å². The lowest BCUT2D eigenvalue weighted by molar-refractivity contribution is -0.384. The SMILES string of the molecule is C=CC(CC(=O)O)c1ccc([N+](=O)[O-])cc1. The van der Waals surface area contributed by atoms with Crippen LogP contribution in [0.4, 0.5) is 5.69 Å². The molecule has 1 atom stereocenters. The van der Waals surface area contributed by atoms with Gasteiger partial charge in [0.2, 0.25) is 0 Å². The highest BCUT2D eigenvalue weighted by Gasteiger charge is 2.13. The number of allylic oxidation sites excluding steroid dienone is 1. The zero-order valence-corrected chi connectivity index (χ0v) is 8.50. The van der Waals surface area contributed by atoms with Gasteiger partial charge in [0.25, 0.3) is 5.69 Å². The van der Waals surface area contributed by atoms with Crippen LogP contribution in [0.2, 0.25) is 0 Å². The van der Waals surface area contributed by atoms with Crippen molar-refractivity contribution in [2.75, 3.05) is 0 Å². The number of carboxylic acids is 1. The number of carbonyl (C=O) groups is 1. The van der Waals surface area contributed by atoms with Crippen molar-refractivity contribution in [3.8, 4) is 0 Å². The van der Waals surface area contributed by atoms with Crippen LogP contribution in [0, 0.1) is 10.1 Å². The molecule has 0 aliphatic carbocycles. The molecule has 0 aliphatic heterocycles. The number of aliphatic carboxylic acids is 1. The lowest BCUT2D eigenvalue weighted by Crippen LogP contribution is -2.03. The van der Waals surface area contributed by atoms with Crippen molar-refractivity contribution >= 4 is 11.7 Å². The summed E-state index contributed by atoms with van der Waals surface area (Å²) in [7, 11) is 0. The Kier molecular flexibility index (Phi) is 3.77. The normalized spacial score (nSPS) is 11.8. The summed E-state index contributed by atoms with van der Waals surface area (Å²) in [6, 6.07) is 5.81. The van der Waals surface area contributed by atoms with E-state index < -0.39 is 10.9 Å². The lowest BCUT2D eigenvalue weighted by Gasteiger charge is -2.09. The molecule has 0 radical (unpaired) electrons. The highest BCUT2D eigenvalue weighted by Crippen LogP contribution is 2.23. The van der Waals surface area contributed by atoms with Crippen LogP contribution < -0.4 is 0 Å². The Balaban J connectivity index is 2.90. The lowest BCUT2D eigenvalue weighted by atomic mass is 9.96. The first-order valence-corrected chi connectivity index (χ1v) is 4.63. The van der Waals surface area contributed by atoms with Gasteiger partial charge in [0.05, 0.1) is 11.3 Å². The minimum Gasteiger partial charge on any atom is -0.481 e. The van der Waals surface area contributed by atoms with E-state index in [1.54, 1.807) is 12.1 Å². The average Bonchev–Trinajstić information content (AvgIpc) is 2.25. The number of nitrogens with zero attached hydrogens (tertiary/aromatic N) is 1. The number of rotatable bonds is 5. The quantitative estimate of drug-likeness (QED) is 0.470. The molecule has 0 aromatic heterocycles. The molecule has 84 valence electrons. The number of non-ortho nitro benzene ring substituents is 1. The molecular weight excluding hydrogens is 210 g/mol. The first-order valence-electron chi connectivity index (χ1n) is 4.63. The van der Waals surface area contributed by atoms with Gasteiger partial charge in [-0.1, -0.05) is 18.2 Å². The zero-order chi connectivity index (χ0) is 12.1. The minimum absolute atomic E-state index is 0.0121. The summed E-state index contributed by atoms with van der Waals surface area (Å²) in [6.07, 6.45) is 1.45. The summed E-state index contributed by atoms with van der Waals surface area (Å²) >= 11 is 0. The van der Waals surface area contributed by atoms with Crippen molar-refractivity contribution < 1.29 is 14.8 Å². The van der Waals surface area contributed by atoms with Gasteiger partial charge in [-0.3, -0.25) is 14.9 Å². The maximum atomic E-state index is 10.6. The highest BCUT2D eigenvalue weighted by atomic mass is 16.6. The Morgan fingerprint density at radius 3 is 2.44 bits per heavy atom. The molecule has 1 N–H and O–H groups in total. The Morgan fingerprint density at radius 2 is 2.06 bits per heavy atom. The van der Waals surface area contributed by atoms with Crippen molar-refractivity contribution in [2.24, 2.45) is 0 Å². The molecule has 0 saturated carbocycles. The molecule has 0 spiro atoms. The summed E-state index contributed by atoms with van der Waals surface area (Å²) in [5, 5.41) is 19.1. The molecule has 0 aliphatic rings. The van der Waals surface area contributed by atoms with Crippen LogP contribution in [0.3, 0.4) is 0 Å². The van der Waals surface area contributed by atoms with Crippen LogP contribution in [-0.2, 0) is 4.79 Å². The van der Waals surface area contributed by atoms with Gasteiger partial charge in [-0.25, -0.2) is 0 Å². The molecule has 5 heteroatoms. The third kappa shape index (κ3) is 2.91. The van der Waals surface area contributed by atoms with Crippen molar-refractivity contribution in [1.29, 1.82) is 0 Å². The van der Waals surface area contributed by atoms with Crippen molar-refractivity contribution in [3.63, 3.8) is 0 Å². The van der Waals surface area contributed by atoms with Crippen molar-refractivity contribution in [1.82, 2.24) is 0 Å². The van der Waals surface area contributed by atoms with Gasteiger partial charge >= 0.3 is 5.97 Å². The number of benzene rings is 1. The Hall–Kier alpha value is -2.17. The van der Waals surface area contributed by atoms with Gasteiger partial charge in [-0.2, -0.15) is 0 Å². The second-order valence-corrected chi connectivity index (χ2v) is 3.29. The third-order valence-electron chi connectivity index (χ3n) is 2.21. The predicted molar refractivity (Wildman–Crippen MR) is 58.3 cm³/mol.